The van der Waals surface area contributed by atoms with E-state index >= 15 is 0 Å². The highest BCUT2D eigenvalue weighted by molar-refractivity contribution is 7.91. The summed E-state index contributed by atoms with van der Waals surface area (Å²) in [5.74, 6) is 0.398. The summed E-state index contributed by atoms with van der Waals surface area (Å²) in [6.45, 7) is 2.98. The molecule has 134 valence electrons. The SMILES string of the molecule is O=S(=O)(c1ccc(Cl)cc1)c1cnc(Nc2nnc(CN3CC3)s2)cn1. The van der Waals surface area contributed by atoms with Gasteiger partial charge >= 0.3 is 0 Å². The van der Waals surface area contributed by atoms with E-state index in [1.807, 2.05) is 0 Å². The van der Waals surface area contributed by atoms with Crippen molar-refractivity contribution in [2.24, 2.45) is 0 Å². The van der Waals surface area contributed by atoms with Crippen molar-refractivity contribution in [3.8, 4) is 0 Å². The van der Waals surface area contributed by atoms with E-state index in [2.05, 4.69) is 30.4 Å². The molecule has 0 unspecified atom stereocenters. The summed E-state index contributed by atoms with van der Waals surface area (Å²) in [6.07, 6.45) is 2.57. The van der Waals surface area contributed by atoms with E-state index in [9.17, 15) is 8.42 Å². The molecule has 0 radical (unpaired) electrons. The lowest BCUT2D eigenvalue weighted by atomic mass is 10.4. The minimum absolute atomic E-state index is 0.112. The Balaban J connectivity index is 1.49. The number of nitrogens with zero attached hydrogens (tertiary/aromatic N) is 5. The number of benzene rings is 1. The first-order valence-electron chi connectivity index (χ1n) is 7.65. The molecule has 2 aromatic heterocycles. The van der Waals surface area contributed by atoms with Crippen LogP contribution in [0.25, 0.3) is 0 Å². The third-order valence-corrected chi connectivity index (χ3v) is 6.36. The van der Waals surface area contributed by atoms with E-state index in [1.165, 1.54) is 48.0 Å². The lowest BCUT2D eigenvalue weighted by molar-refractivity contribution is 0.551. The van der Waals surface area contributed by atoms with Gasteiger partial charge in [0.15, 0.2) is 10.8 Å². The van der Waals surface area contributed by atoms with Gasteiger partial charge in [-0.05, 0) is 24.3 Å². The van der Waals surface area contributed by atoms with Crippen LogP contribution in [0.15, 0.2) is 46.6 Å². The molecule has 0 saturated carbocycles. The van der Waals surface area contributed by atoms with E-state index in [0.29, 0.717) is 16.0 Å². The highest BCUT2D eigenvalue weighted by Crippen LogP contribution is 2.24. The third-order valence-electron chi connectivity index (χ3n) is 3.63. The van der Waals surface area contributed by atoms with Gasteiger partial charge in [0.25, 0.3) is 0 Å². The summed E-state index contributed by atoms with van der Waals surface area (Å²) in [5, 5.41) is 13.0. The second-order valence-electron chi connectivity index (χ2n) is 5.60. The summed E-state index contributed by atoms with van der Waals surface area (Å²) in [5.41, 5.74) is 0. The Labute approximate surface area is 158 Å². The maximum Gasteiger partial charge on any atom is 0.225 e. The van der Waals surface area contributed by atoms with E-state index < -0.39 is 9.84 Å². The molecule has 1 aromatic carbocycles. The van der Waals surface area contributed by atoms with Crippen LogP contribution in [-0.2, 0) is 16.4 Å². The topological polar surface area (TPSA) is 101 Å². The lowest BCUT2D eigenvalue weighted by Gasteiger charge is -2.05. The van der Waals surface area contributed by atoms with Gasteiger partial charge in [-0.1, -0.05) is 22.9 Å². The highest BCUT2D eigenvalue weighted by Gasteiger charge is 2.21. The molecule has 11 heteroatoms. The number of hydrogen-bond donors (Lipinski definition) is 1. The van der Waals surface area contributed by atoms with Crippen molar-refractivity contribution in [3.05, 3.63) is 46.7 Å². The van der Waals surface area contributed by atoms with Gasteiger partial charge < -0.3 is 5.32 Å². The monoisotopic (exact) mass is 408 g/mol. The van der Waals surface area contributed by atoms with Gasteiger partial charge in [0, 0.05) is 18.1 Å². The number of aromatic nitrogens is 4. The van der Waals surface area contributed by atoms with Crippen molar-refractivity contribution in [1.29, 1.82) is 0 Å². The fourth-order valence-corrected chi connectivity index (χ4v) is 4.19. The van der Waals surface area contributed by atoms with Gasteiger partial charge in [0.2, 0.25) is 15.0 Å². The Morgan fingerprint density at radius 3 is 2.54 bits per heavy atom. The van der Waals surface area contributed by atoms with Gasteiger partial charge in [-0.25, -0.2) is 18.4 Å². The molecule has 1 aliphatic rings. The Kier molecular flexibility index (Phi) is 4.57. The number of nitrogens with one attached hydrogen (secondary N) is 1. The van der Waals surface area contributed by atoms with Crippen molar-refractivity contribution < 1.29 is 8.42 Å². The molecular weight excluding hydrogens is 396 g/mol. The minimum atomic E-state index is -3.74. The van der Waals surface area contributed by atoms with Gasteiger partial charge in [-0.3, -0.25) is 4.90 Å². The quantitative estimate of drug-likeness (QED) is 0.620. The Hall–Kier alpha value is -2.14. The molecule has 0 amide bonds. The average molecular weight is 409 g/mol. The van der Waals surface area contributed by atoms with E-state index in [0.717, 1.165) is 24.6 Å². The van der Waals surface area contributed by atoms with Crippen LogP contribution in [-0.4, -0.2) is 46.6 Å². The molecule has 1 aliphatic heterocycles. The zero-order valence-electron chi connectivity index (χ0n) is 13.3. The second-order valence-corrected chi connectivity index (χ2v) is 8.99. The van der Waals surface area contributed by atoms with E-state index in [-0.39, 0.29) is 9.92 Å². The molecule has 26 heavy (non-hydrogen) atoms. The minimum Gasteiger partial charge on any atom is -0.313 e. The first-order chi connectivity index (χ1) is 12.5. The van der Waals surface area contributed by atoms with Crippen molar-refractivity contribution in [2.45, 2.75) is 16.5 Å². The maximum atomic E-state index is 12.5. The molecule has 0 atom stereocenters. The molecule has 1 N–H and O–H groups in total. The smallest absolute Gasteiger partial charge is 0.225 e. The molecule has 8 nitrogen and oxygen atoms in total. The van der Waals surface area contributed by atoms with Crippen LogP contribution in [0.4, 0.5) is 10.9 Å². The molecule has 0 bridgehead atoms. The number of halogens is 1. The zero-order chi connectivity index (χ0) is 18.1. The largest absolute Gasteiger partial charge is 0.313 e. The number of hydrogen-bond acceptors (Lipinski definition) is 9. The summed E-state index contributed by atoms with van der Waals surface area (Å²) in [6, 6.07) is 5.90. The first kappa shape index (κ1) is 17.3. The molecule has 3 aromatic rings. The van der Waals surface area contributed by atoms with Crippen molar-refractivity contribution in [1.82, 2.24) is 25.1 Å². The fourth-order valence-electron chi connectivity index (χ4n) is 2.15. The number of rotatable bonds is 6. The van der Waals surface area contributed by atoms with Crippen LogP contribution in [0, 0.1) is 0 Å². The number of anilines is 2. The summed E-state index contributed by atoms with van der Waals surface area (Å²) < 4.78 is 25.1. The molecule has 0 spiro atoms. The molecule has 1 fully saturated rings. The third kappa shape index (κ3) is 3.83. The molecule has 1 saturated heterocycles. The highest BCUT2D eigenvalue weighted by atomic mass is 35.5. The normalized spacial score (nSPS) is 14.3. The van der Waals surface area contributed by atoms with Crippen LogP contribution in [0.3, 0.4) is 0 Å². The van der Waals surface area contributed by atoms with Crippen LogP contribution in [0.1, 0.15) is 5.01 Å². The van der Waals surface area contributed by atoms with Crippen molar-refractivity contribution in [2.75, 3.05) is 18.4 Å². The van der Waals surface area contributed by atoms with Gasteiger partial charge in [-0.15, -0.1) is 10.2 Å². The summed E-state index contributed by atoms with van der Waals surface area (Å²) in [4.78, 5) is 10.5. The van der Waals surface area contributed by atoms with Crippen LogP contribution in [0.5, 0.6) is 0 Å². The lowest BCUT2D eigenvalue weighted by Crippen LogP contribution is -2.06. The van der Waals surface area contributed by atoms with Crippen molar-refractivity contribution in [3.63, 3.8) is 0 Å². The number of sulfone groups is 1. The predicted octanol–water partition coefficient (Wildman–Crippen LogP) is 2.37. The maximum absolute atomic E-state index is 12.5. The van der Waals surface area contributed by atoms with Gasteiger partial charge in [0.05, 0.1) is 23.8 Å². The molecular formula is C15H13ClN6O2S2. The van der Waals surface area contributed by atoms with Crippen LogP contribution in [0.2, 0.25) is 5.02 Å². The average Bonchev–Trinajstić information content (AvgIpc) is 3.34. The first-order valence-corrected chi connectivity index (χ1v) is 10.3. The molecule has 0 aliphatic carbocycles. The predicted molar refractivity (Wildman–Crippen MR) is 97.4 cm³/mol. The second kappa shape index (κ2) is 6.88. The van der Waals surface area contributed by atoms with E-state index in [4.69, 9.17) is 11.6 Å². The fraction of sp³-hybridized carbons (Fsp3) is 0.200. The molecule has 3 heterocycles. The van der Waals surface area contributed by atoms with Crippen LogP contribution < -0.4 is 5.32 Å². The Bertz CT molecular complexity index is 1020. The summed E-state index contributed by atoms with van der Waals surface area (Å²) in [7, 11) is -3.74. The van der Waals surface area contributed by atoms with Crippen molar-refractivity contribution >= 4 is 43.7 Å². The van der Waals surface area contributed by atoms with Crippen LogP contribution >= 0.6 is 22.9 Å². The van der Waals surface area contributed by atoms with Gasteiger partial charge in [0.1, 0.15) is 5.01 Å². The van der Waals surface area contributed by atoms with Gasteiger partial charge in [-0.2, -0.15) is 0 Å². The Morgan fingerprint density at radius 1 is 1.12 bits per heavy atom. The standard InChI is InChI=1S/C15H13ClN6O2S2/c16-10-1-3-11(4-2-10)26(23,24)14-8-17-12(7-18-14)19-15-21-20-13(25-15)9-22-5-6-22/h1-4,7-8H,5-6,9H2,(H,17,19,21). The molecule has 4 rings (SSSR count). The Morgan fingerprint density at radius 2 is 1.88 bits per heavy atom. The zero-order valence-corrected chi connectivity index (χ0v) is 15.7. The van der Waals surface area contributed by atoms with E-state index in [1.54, 1.807) is 0 Å². The summed E-state index contributed by atoms with van der Waals surface area (Å²) >= 11 is 7.23.